The Morgan fingerprint density at radius 1 is 1.27 bits per heavy atom. The lowest BCUT2D eigenvalue weighted by Gasteiger charge is -2.20. The van der Waals surface area contributed by atoms with Gasteiger partial charge in [0.25, 0.3) is 0 Å². The summed E-state index contributed by atoms with van der Waals surface area (Å²) in [6, 6.07) is 6.73. The Labute approximate surface area is 130 Å². The maximum Gasteiger partial charge on any atom is 0.407 e. The monoisotopic (exact) mass is 309 g/mol. The molecule has 1 rings (SSSR count). The number of carbonyl (C=O) groups is 2. The van der Waals surface area contributed by atoms with Crippen LogP contribution in [0.3, 0.4) is 0 Å². The molecule has 1 atom stereocenters. The normalized spacial score (nSPS) is 12.4. The molecule has 0 bridgehead atoms. The number of amides is 1. The molecule has 1 aromatic rings. The van der Waals surface area contributed by atoms with E-state index >= 15 is 0 Å². The zero-order valence-corrected chi connectivity index (χ0v) is 13.4. The number of aldehydes is 1. The molecular formula is C16H23NO5. The van der Waals surface area contributed by atoms with Gasteiger partial charge in [-0.3, -0.25) is 4.79 Å². The SMILES string of the molecule is CC(OCCNC(=O)OC(C)(C)C)Oc1ccc(C=O)cc1. The molecule has 0 radical (unpaired) electrons. The topological polar surface area (TPSA) is 73.9 Å². The summed E-state index contributed by atoms with van der Waals surface area (Å²) in [5.41, 5.74) is 0.0668. The van der Waals surface area contributed by atoms with Gasteiger partial charge < -0.3 is 19.5 Å². The molecule has 122 valence electrons. The number of alkyl carbamates (subject to hydrolysis) is 1. The van der Waals surface area contributed by atoms with Crippen molar-refractivity contribution in [3.8, 4) is 5.75 Å². The third-order valence-corrected chi connectivity index (χ3v) is 2.44. The fourth-order valence-corrected chi connectivity index (χ4v) is 1.54. The number of carbonyl (C=O) groups excluding carboxylic acids is 2. The highest BCUT2D eigenvalue weighted by molar-refractivity contribution is 5.74. The highest BCUT2D eigenvalue weighted by Crippen LogP contribution is 2.13. The summed E-state index contributed by atoms with van der Waals surface area (Å²) in [4.78, 5) is 22.0. The first-order valence-corrected chi connectivity index (χ1v) is 7.10. The number of rotatable bonds is 7. The largest absolute Gasteiger partial charge is 0.465 e. The van der Waals surface area contributed by atoms with Crippen LogP contribution in [0.15, 0.2) is 24.3 Å². The molecule has 22 heavy (non-hydrogen) atoms. The van der Waals surface area contributed by atoms with Crippen molar-refractivity contribution >= 4 is 12.4 Å². The average Bonchev–Trinajstić information content (AvgIpc) is 2.42. The van der Waals surface area contributed by atoms with E-state index in [-0.39, 0.29) is 0 Å². The van der Waals surface area contributed by atoms with Gasteiger partial charge in [-0.15, -0.1) is 0 Å². The highest BCUT2D eigenvalue weighted by Gasteiger charge is 2.15. The lowest BCUT2D eigenvalue weighted by atomic mass is 10.2. The summed E-state index contributed by atoms with van der Waals surface area (Å²) in [5.74, 6) is 0.609. The first kappa shape index (κ1) is 18.0. The summed E-state index contributed by atoms with van der Waals surface area (Å²) in [6.45, 7) is 7.78. The van der Waals surface area contributed by atoms with Crippen LogP contribution in [0, 0.1) is 0 Å². The quantitative estimate of drug-likeness (QED) is 0.476. The minimum Gasteiger partial charge on any atom is -0.465 e. The van der Waals surface area contributed by atoms with Gasteiger partial charge in [0.05, 0.1) is 6.61 Å². The smallest absolute Gasteiger partial charge is 0.407 e. The summed E-state index contributed by atoms with van der Waals surface area (Å²) >= 11 is 0. The molecule has 1 unspecified atom stereocenters. The second-order valence-electron chi connectivity index (χ2n) is 5.67. The third kappa shape index (κ3) is 7.64. The lowest BCUT2D eigenvalue weighted by molar-refractivity contribution is -0.0653. The molecule has 0 aromatic heterocycles. The van der Waals surface area contributed by atoms with E-state index in [0.29, 0.717) is 24.5 Å². The number of hydrogen-bond acceptors (Lipinski definition) is 5. The summed E-state index contributed by atoms with van der Waals surface area (Å²) in [6.07, 6.45) is -0.178. The van der Waals surface area contributed by atoms with Crippen molar-refractivity contribution in [2.75, 3.05) is 13.2 Å². The van der Waals surface area contributed by atoms with Crippen molar-refractivity contribution in [1.82, 2.24) is 5.32 Å². The first-order valence-electron chi connectivity index (χ1n) is 7.10. The predicted molar refractivity (Wildman–Crippen MR) is 82.1 cm³/mol. The van der Waals surface area contributed by atoms with E-state index in [2.05, 4.69) is 5.32 Å². The van der Waals surface area contributed by atoms with Gasteiger partial charge in [0.1, 0.15) is 17.6 Å². The van der Waals surface area contributed by atoms with E-state index in [1.165, 1.54) is 0 Å². The molecule has 0 fully saturated rings. The van der Waals surface area contributed by atoms with Crippen LogP contribution < -0.4 is 10.1 Å². The summed E-state index contributed by atoms with van der Waals surface area (Å²) in [7, 11) is 0. The first-order chi connectivity index (χ1) is 10.3. The number of benzene rings is 1. The molecule has 6 nitrogen and oxygen atoms in total. The van der Waals surface area contributed by atoms with Crippen molar-refractivity contribution < 1.29 is 23.8 Å². The Morgan fingerprint density at radius 3 is 2.45 bits per heavy atom. The van der Waals surface area contributed by atoms with Crippen LogP contribution in [-0.2, 0) is 9.47 Å². The molecule has 0 saturated heterocycles. The highest BCUT2D eigenvalue weighted by atomic mass is 16.7. The standard InChI is InChI=1S/C16H23NO5/c1-12(21-14-7-5-13(11-18)6-8-14)20-10-9-17-15(19)22-16(2,3)4/h5-8,11-12H,9-10H2,1-4H3,(H,17,19). The van der Waals surface area contributed by atoms with Gasteiger partial charge >= 0.3 is 6.09 Å². The molecule has 0 aliphatic heterocycles. The van der Waals surface area contributed by atoms with Crippen LogP contribution in [0.2, 0.25) is 0 Å². The number of ether oxygens (including phenoxy) is 3. The van der Waals surface area contributed by atoms with E-state index in [9.17, 15) is 9.59 Å². The van der Waals surface area contributed by atoms with Gasteiger partial charge in [-0.25, -0.2) is 4.79 Å². The van der Waals surface area contributed by atoms with Gasteiger partial charge in [-0.2, -0.15) is 0 Å². The predicted octanol–water partition coefficient (Wildman–Crippen LogP) is 2.77. The Kier molecular flexibility index (Phi) is 6.85. The molecule has 0 saturated carbocycles. The van der Waals surface area contributed by atoms with Crippen LogP contribution in [0.25, 0.3) is 0 Å². The van der Waals surface area contributed by atoms with Crippen LogP contribution in [0.5, 0.6) is 5.75 Å². The van der Waals surface area contributed by atoms with Crippen LogP contribution in [-0.4, -0.2) is 37.4 Å². The maximum absolute atomic E-state index is 11.4. The lowest BCUT2D eigenvalue weighted by Crippen LogP contribution is -2.35. The van der Waals surface area contributed by atoms with Crippen molar-refractivity contribution in [1.29, 1.82) is 0 Å². The fourth-order valence-electron chi connectivity index (χ4n) is 1.54. The second-order valence-corrected chi connectivity index (χ2v) is 5.67. The molecule has 0 aliphatic rings. The van der Waals surface area contributed by atoms with Crippen LogP contribution in [0.4, 0.5) is 4.79 Å². The van der Waals surface area contributed by atoms with Crippen LogP contribution in [0.1, 0.15) is 38.1 Å². The molecular weight excluding hydrogens is 286 g/mol. The molecule has 1 amide bonds. The Hall–Kier alpha value is -2.08. The number of nitrogens with one attached hydrogen (secondary N) is 1. The van der Waals surface area contributed by atoms with Crippen molar-refractivity contribution in [2.45, 2.75) is 39.6 Å². The molecule has 0 spiro atoms. The second kappa shape index (κ2) is 8.38. The molecule has 0 heterocycles. The minimum atomic E-state index is -0.519. The molecule has 1 N–H and O–H groups in total. The van der Waals surface area contributed by atoms with Gasteiger partial charge in [0.2, 0.25) is 0 Å². The van der Waals surface area contributed by atoms with Gasteiger partial charge in [0, 0.05) is 12.1 Å². The van der Waals surface area contributed by atoms with E-state index < -0.39 is 18.0 Å². The van der Waals surface area contributed by atoms with E-state index in [1.54, 1.807) is 52.0 Å². The summed E-state index contributed by atoms with van der Waals surface area (Å²) < 4.78 is 16.0. The van der Waals surface area contributed by atoms with E-state index in [4.69, 9.17) is 14.2 Å². The van der Waals surface area contributed by atoms with Crippen molar-refractivity contribution in [2.24, 2.45) is 0 Å². The minimum absolute atomic E-state index is 0.298. The Bertz CT molecular complexity index is 478. The van der Waals surface area contributed by atoms with Crippen LogP contribution >= 0.6 is 0 Å². The Morgan fingerprint density at radius 2 is 1.91 bits per heavy atom. The van der Waals surface area contributed by atoms with Crippen molar-refractivity contribution in [3.63, 3.8) is 0 Å². The average molecular weight is 309 g/mol. The maximum atomic E-state index is 11.4. The zero-order valence-electron chi connectivity index (χ0n) is 13.4. The third-order valence-electron chi connectivity index (χ3n) is 2.44. The van der Waals surface area contributed by atoms with Gasteiger partial charge in [-0.05, 0) is 52.0 Å². The Balaban J connectivity index is 2.21. The van der Waals surface area contributed by atoms with E-state index in [1.807, 2.05) is 0 Å². The fraction of sp³-hybridized carbons (Fsp3) is 0.500. The van der Waals surface area contributed by atoms with Gasteiger partial charge in [-0.1, -0.05) is 0 Å². The molecule has 0 aliphatic carbocycles. The van der Waals surface area contributed by atoms with Crippen molar-refractivity contribution in [3.05, 3.63) is 29.8 Å². The summed E-state index contributed by atoms with van der Waals surface area (Å²) in [5, 5.41) is 2.59. The number of hydrogen-bond donors (Lipinski definition) is 1. The van der Waals surface area contributed by atoms with E-state index in [0.717, 1.165) is 6.29 Å². The van der Waals surface area contributed by atoms with Gasteiger partial charge in [0.15, 0.2) is 6.29 Å². The molecule has 1 aromatic carbocycles. The molecule has 6 heteroatoms. The zero-order chi connectivity index (χ0) is 16.6.